The highest BCUT2D eigenvalue weighted by Crippen LogP contribution is 2.48. The van der Waals surface area contributed by atoms with Crippen molar-refractivity contribution in [2.45, 2.75) is 41.9 Å². The molecule has 0 amide bonds. The number of hydrogen-bond donors (Lipinski definition) is 2. The molecule has 126 valence electrons. The fraction of sp³-hybridized carbons (Fsp3) is 0.368. The van der Waals surface area contributed by atoms with Crippen LogP contribution in [0.4, 0.5) is 5.69 Å². The monoisotopic (exact) mass is 342 g/mol. The Kier molecular flexibility index (Phi) is 3.48. The molecular weight excluding hydrogens is 320 g/mol. The summed E-state index contributed by atoms with van der Waals surface area (Å²) in [6, 6.07) is 13.2. The third-order valence-corrected chi connectivity index (χ3v) is 7.58. The van der Waals surface area contributed by atoms with Gasteiger partial charge in [-0.2, -0.15) is 0 Å². The van der Waals surface area contributed by atoms with Crippen molar-refractivity contribution in [1.29, 1.82) is 0 Å². The van der Waals surface area contributed by atoms with E-state index >= 15 is 0 Å². The van der Waals surface area contributed by atoms with Crippen LogP contribution in [-0.2, 0) is 22.7 Å². The topological polar surface area (TPSA) is 72.2 Å². The third kappa shape index (κ3) is 2.52. The van der Waals surface area contributed by atoms with Crippen molar-refractivity contribution in [3.8, 4) is 0 Å². The molecule has 5 heteroatoms. The first-order valence-corrected chi connectivity index (χ1v) is 9.88. The number of anilines is 1. The SMILES string of the molecule is Cc1cccc(S(=O)(=O)C2CC23Cc2ccc(N)cc2CCN3)c1. The number of nitrogens with two attached hydrogens (primary N) is 1. The number of nitrogen functional groups attached to an aromatic ring is 1. The van der Waals surface area contributed by atoms with Gasteiger partial charge in [-0.25, -0.2) is 8.42 Å². The van der Waals surface area contributed by atoms with Gasteiger partial charge in [0.1, 0.15) is 0 Å². The Morgan fingerprint density at radius 3 is 2.79 bits per heavy atom. The molecule has 1 heterocycles. The van der Waals surface area contributed by atoms with Crippen molar-refractivity contribution in [2.75, 3.05) is 12.3 Å². The maximum absolute atomic E-state index is 13.0. The fourth-order valence-corrected chi connectivity index (χ4v) is 6.13. The molecule has 3 N–H and O–H groups in total. The molecule has 0 radical (unpaired) electrons. The summed E-state index contributed by atoms with van der Waals surface area (Å²) in [4.78, 5) is 0.438. The van der Waals surface area contributed by atoms with E-state index in [1.54, 1.807) is 12.1 Å². The van der Waals surface area contributed by atoms with Gasteiger partial charge in [0, 0.05) is 11.2 Å². The Morgan fingerprint density at radius 1 is 1.17 bits per heavy atom. The van der Waals surface area contributed by atoms with Crippen molar-refractivity contribution in [3.63, 3.8) is 0 Å². The van der Waals surface area contributed by atoms with Crippen molar-refractivity contribution in [2.24, 2.45) is 0 Å². The zero-order valence-electron chi connectivity index (χ0n) is 13.7. The highest BCUT2D eigenvalue weighted by atomic mass is 32.2. The van der Waals surface area contributed by atoms with E-state index < -0.39 is 9.84 Å². The lowest BCUT2D eigenvalue weighted by Gasteiger charge is -2.17. The van der Waals surface area contributed by atoms with E-state index in [-0.39, 0.29) is 10.8 Å². The normalized spacial score (nSPS) is 26.0. The molecule has 2 unspecified atom stereocenters. The molecule has 2 atom stereocenters. The van der Waals surface area contributed by atoms with Gasteiger partial charge in [-0.15, -0.1) is 0 Å². The van der Waals surface area contributed by atoms with Crippen LogP contribution in [0.15, 0.2) is 47.4 Å². The first kappa shape index (κ1) is 15.7. The number of aryl methyl sites for hydroxylation is 1. The Hall–Kier alpha value is -1.85. The van der Waals surface area contributed by atoms with Gasteiger partial charge in [-0.3, -0.25) is 0 Å². The van der Waals surface area contributed by atoms with Gasteiger partial charge < -0.3 is 11.1 Å². The molecule has 24 heavy (non-hydrogen) atoms. The van der Waals surface area contributed by atoms with Gasteiger partial charge >= 0.3 is 0 Å². The summed E-state index contributed by atoms with van der Waals surface area (Å²) in [7, 11) is -3.31. The van der Waals surface area contributed by atoms with Gasteiger partial charge in [0.2, 0.25) is 0 Å². The molecule has 1 saturated carbocycles. The second-order valence-corrected chi connectivity index (χ2v) is 9.22. The van der Waals surface area contributed by atoms with Gasteiger partial charge in [0.15, 0.2) is 9.84 Å². The molecule has 0 bridgehead atoms. The molecule has 1 fully saturated rings. The number of benzene rings is 2. The van der Waals surface area contributed by atoms with Crippen molar-refractivity contribution >= 4 is 15.5 Å². The second kappa shape index (κ2) is 5.33. The zero-order valence-corrected chi connectivity index (χ0v) is 14.6. The minimum Gasteiger partial charge on any atom is -0.399 e. The van der Waals surface area contributed by atoms with E-state index in [4.69, 9.17) is 5.73 Å². The lowest BCUT2D eigenvalue weighted by atomic mass is 9.99. The predicted octanol–water partition coefficient (Wildman–Crippen LogP) is 2.25. The van der Waals surface area contributed by atoms with Crippen LogP contribution in [0.1, 0.15) is 23.1 Å². The minimum atomic E-state index is -3.31. The number of fused-ring (bicyclic) bond motifs is 1. The van der Waals surface area contributed by atoms with Crippen LogP contribution >= 0.6 is 0 Å². The fourth-order valence-electron chi connectivity index (χ4n) is 3.91. The summed E-state index contributed by atoms with van der Waals surface area (Å²) < 4.78 is 26.1. The van der Waals surface area contributed by atoms with Gasteiger partial charge in [0.25, 0.3) is 0 Å². The number of nitrogens with one attached hydrogen (secondary N) is 1. The number of sulfone groups is 1. The molecule has 4 rings (SSSR count). The molecule has 2 aliphatic rings. The molecule has 2 aromatic carbocycles. The summed E-state index contributed by atoms with van der Waals surface area (Å²) in [5.74, 6) is 0. The van der Waals surface area contributed by atoms with Crippen molar-refractivity contribution in [1.82, 2.24) is 5.32 Å². The maximum Gasteiger partial charge on any atom is 0.183 e. The van der Waals surface area contributed by atoms with Crippen LogP contribution in [0.3, 0.4) is 0 Å². The maximum atomic E-state index is 13.0. The van der Waals surface area contributed by atoms with Crippen LogP contribution in [0.25, 0.3) is 0 Å². The minimum absolute atomic E-state index is 0.329. The molecule has 1 aliphatic carbocycles. The van der Waals surface area contributed by atoms with Gasteiger partial charge in [-0.1, -0.05) is 18.2 Å². The van der Waals surface area contributed by atoms with E-state index in [9.17, 15) is 8.42 Å². The zero-order chi connectivity index (χ0) is 16.9. The van der Waals surface area contributed by atoms with Crippen LogP contribution in [0.2, 0.25) is 0 Å². The van der Waals surface area contributed by atoms with Crippen molar-refractivity contribution in [3.05, 3.63) is 59.2 Å². The van der Waals surface area contributed by atoms with E-state index in [1.807, 2.05) is 37.3 Å². The Balaban J connectivity index is 1.66. The van der Waals surface area contributed by atoms with Gasteiger partial charge in [0.05, 0.1) is 10.1 Å². The molecule has 0 aromatic heterocycles. The highest BCUT2D eigenvalue weighted by molar-refractivity contribution is 7.92. The molecular formula is C19H22N2O2S. The first-order chi connectivity index (χ1) is 11.4. The Bertz CT molecular complexity index is 907. The standard InChI is InChI=1S/C19H22N2O2S/c1-13-3-2-4-17(9-13)24(22,23)18-12-19(18)11-15-5-6-16(20)10-14(15)7-8-21-19/h2-6,9-10,18,21H,7-8,11-12,20H2,1H3. The quantitative estimate of drug-likeness (QED) is 0.821. The lowest BCUT2D eigenvalue weighted by Crippen LogP contribution is -2.38. The molecule has 0 saturated heterocycles. The molecule has 4 nitrogen and oxygen atoms in total. The Labute approximate surface area is 143 Å². The average Bonchev–Trinajstić information content (AvgIpc) is 3.28. The van der Waals surface area contributed by atoms with E-state index in [2.05, 4.69) is 5.32 Å². The number of hydrogen-bond acceptors (Lipinski definition) is 4. The summed E-state index contributed by atoms with van der Waals surface area (Å²) >= 11 is 0. The highest BCUT2D eigenvalue weighted by Gasteiger charge is 2.61. The largest absolute Gasteiger partial charge is 0.399 e. The first-order valence-electron chi connectivity index (χ1n) is 8.34. The predicted molar refractivity (Wildman–Crippen MR) is 95.8 cm³/mol. The summed E-state index contributed by atoms with van der Waals surface area (Å²) in [5, 5.41) is 3.17. The summed E-state index contributed by atoms with van der Waals surface area (Å²) in [6.07, 6.45) is 2.31. The van der Waals surface area contributed by atoms with E-state index in [0.717, 1.165) is 30.6 Å². The third-order valence-electron chi connectivity index (χ3n) is 5.31. The number of rotatable bonds is 2. The van der Waals surface area contributed by atoms with Crippen LogP contribution in [-0.4, -0.2) is 25.8 Å². The smallest absolute Gasteiger partial charge is 0.183 e. The van der Waals surface area contributed by atoms with Crippen LogP contribution in [0, 0.1) is 6.92 Å². The summed E-state index contributed by atoms with van der Waals surface area (Å²) in [5.41, 5.74) is 9.75. The van der Waals surface area contributed by atoms with Crippen molar-refractivity contribution < 1.29 is 8.42 Å². The van der Waals surface area contributed by atoms with Crippen LogP contribution < -0.4 is 11.1 Å². The molecule has 1 aliphatic heterocycles. The van der Waals surface area contributed by atoms with Crippen LogP contribution in [0.5, 0.6) is 0 Å². The Morgan fingerprint density at radius 2 is 2.00 bits per heavy atom. The molecule has 1 spiro atoms. The molecule has 2 aromatic rings. The van der Waals surface area contributed by atoms with E-state index in [0.29, 0.717) is 11.3 Å². The lowest BCUT2D eigenvalue weighted by molar-refractivity contribution is 0.508. The van der Waals surface area contributed by atoms with Gasteiger partial charge in [-0.05, 0) is 73.7 Å². The van der Waals surface area contributed by atoms with E-state index in [1.165, 1.54) is 11.1 Å². The summed E-state index contributed by atoms with van der Waals surface area (Å²) in [6.45, 7) is 2.71. The average molecular weight is 342 g/mol. The second-order valence-electron chi connectivity index (χ2n) is 7.09.